The Hall–Kier alpha value is -1.55. The average Bonchev–Trinajstić information content (AvgIpc) is 3.31. The van der Waals surface area contributed by atoms with Gasteiger partial charge in [0.05, 0.1) is 11.7 Å². The van der Waals surface area contributed by atoms with Crippen molar-refractivity contribution in [2.75, 3.05) is 6.61 Å². The molecule has 3 rings (SSSR count). The molecule has 22 heavy (non-hydrogen) atoms. The molecule has 4 heteroatoms. The van der Waals surface area contributed by atoms with Gasteiger partial charge in [-0.3, -0.25) is 4.79 Å². The van der Waals surface area contributed by atoms with E-state index in [1.165, 1.54) is 12.8 Å². The maximum atomic E-state index is 12.4. The third-order valence-corrected chi connectivity index (χ3v) is 4.73. The van der Waals surface area contributed by atoms with Crippen LogP contribution in [0.3, 0.4) is 0 Å². The minimum absolute atomic E-state index is 0.0644. The summed E-state index contributed by atoms with van der Waals surface area (Å²) in [6, 6.07) is 5.47. The highest BCUT2D eigenvalue weighted by Crippen LogP contribution is 2.38. The van der Waals surface area contributed by atoms with Crippen molar-refractivity contribution in [1.82, 2.24) is 5.32 Å². The third-order valence-electron chi connectivity index (χ3n) is 4.73. The number of nitrogens with one attached hydrogen (secondary N) is 1. The fraction of sp³-hybridized carbons (Fsp3) is 0.611. The highest BCUT2D eigenvalue weighted by Gasteiger charge is 2.36. The summed E-state index contributed by atoms with van der Waals surface area (Å²) in [5.41, 5.74) is 1.40. The molecule has 1 heterocycles. The summed E-state index contributed by atoms with van der Waals surface area (Å²) in [5, 5.41) is 13.2. The highest BCUT2D eigenvalue weighted by atomic mass is 16.5. The summed E-state index contributed by atoms with van der Waals surface area (Å²) in [4.78, 5) is 12.4. The molecular formula is C18H25NO3. The maximum Gasteiger partial charge on any atom is 0.255 e. The number of ether oxygens (including phenoxy) is 1. The molecule has 1 saturated carbocycles. The molecule has 1 aliphatic carbocycles. The van der Waals surface area contributed by atoms with Gasteiger partial charge in [-0.1, -0.05) is 19.9 Å². The zero-order valence-electron chi connectivity index (χ0n) is 13.3. The molecule has 2 aliphatic rings. The fourth-order valence-corrected chi connectivity index (χ4v) is 3.12. The van der Waals surface area contributed by atoms with Crippen LogP contribution >= 0.6 is 0 Å². The molecule has 2 unspecified atom stereocenters. The normalized spacial score (nSPS) is 25.2. The summed E-state index contributed by atoms with van der Waals surface area (Å²) >= 11 is 0. The van der Waals surface area contributed by atoms with Crippen molar-refractivity contribution in [3.8, 4) is 5.75 Å². The standard InChI is InChI=1S/C18H25NO3/c1-11(2)13-5-6-15(16(20)9-13)18(21)19-14-7-8-22-17(10-14)12-3-4-12/h5-6,9,11-12,14,17,20H,3-4,7-8,10H2,1-2H3,(H,19,21). The molecule has 2 atom stereocenters. The summed E-state index contributed by atoms with van der Waals surface area (Å²) in [5.74, 6) is 0.903. The molecule has 1 aliphatic heterocycles. The minimum atomic E-state index is -0.186. The lowest BCUT2D eigenvalue weighted by Crippen LogP contribution is -2.42. The maximum absolute atomic E-state index is 12.4. The highest BCUT2D eigenvalue weighted by molar-refractivity contribution is 5.97. The van der Waals surface area contributed by atoms with Crippen molar-refractivity contribution in [1.29, 1.82) is 0 Å². The van der Waals surface area contributed by atoms with Gasteiger partial charge in [0.25, 0.3) is 5.91 Å². The number of benzene rings is 1. The molecule has 4 nitrogen and oxygen atoms in total. The molecule has 2 N–H and O–H groups in total. The number of carbonyl (C=O) groups is 1. The molecule has 0 radical (unpaired) electrons. The van der Waals surface area contributed by atoms with Crippen LogP contribution in [0.1, 0.15) is 61.4 Å². The van der Waals surface area contributed by atoms with E-state index in [1.54, 1.807) is 12.1 Å². The van der Waals surface area contributed by atoms with Gasteiger partial charge in [0.15, 0.2) is 0 Å². The predicted molar refractivity (Wildman–Crippen MR) is 85.1 cm³/mol. The lowest BCUT2D eigenvalue weighted by atomic mass is 9.98. The smallest absolute Gasteiger partial charge is 0.255 e. The second-order valence-corrected chi connectivity index (χ2v) is 6.87. The number of aromatic hydroxyl groups is 1. The van der Waals surface area contributed by atoms with Gasteiger partial charge in [-0.15, -0.1) is 0 Å². The summed E-state index contributed by atoms with van der Waals surface area (Å²) in [7, 11) is 0. The van der Waals surface area contributed by atoms with Crippen molar-refractivity contribution in [3.63, 3.8) is 0 Å². The number of amides is 1. The van der Waals surface area contributed by atoms with Gasteiger partial charge in [0.1, 0.15) is 5.75 Å². The van der Waals surface area contributed by atoms with Crippen molar-refractivity contribution in [3.05, 3.63) is 29.3 Å². The van der Waals surface area contributed by atoms with Crippen LogP contribution in [0.4, 0.5) is 0 Å². The monoisotopic (exact) mass is 303 g/mol. The van der Waals surface area contributed by atoms with E-state index in [9.17, 15) is 9.90 Å². The van der Waals surface area contributed by atoms with E-state index in [0.717, 1.165) is 18.4 Å². The van der Waals surface area contributed by atoms with Crippen LogP contribution in [0, 0.1) is 5.92 Å². The molecule has 0 spiro atoms. The number of hydrogen-bond donors (Lipinski definition) is 2. The Bertz CT molecular complexity index is 551. The Morgan fingerprint density at radius 1 is 1.32 bits per heavy atom. The molecule has 1 saturated heterocycles. The molecule has 1 amide bonds. The first-order valence-electron chi connectivity index (χ1n) is 8.30. The summed E-state index contributed by atoms with van der Waals surface area (Å²) < 4.78 is 5.78. The van der Waals surface area contributed by atoms with Crippen LogP contribution in [-0.2, 0) is 4.74 Å². The van der Waals surface area contributed by atoms with Crippen molar-refractivity contribution < 1.29 is 14.6 Å². The van der Waals surface area contributed by atoms with E-state index in [2.05, 4.69) is 19.2 Å². The van der Waals surface area contributed by atoms with Crippen LogP contribution in [0.25, 0.3) is 0 Å². The van der Waals surface area contributed by atoms with Crippen LogP contribution < -0.4 is 5.32 Å². The quantitative estimate of drug-likeness (QED) is 0.898. The molecule has 1 aromatic carbocycles. The molecule has 2 fully saturated rings. The Morgan fingerprint density at radius 3 is 2.73 bits per heavy atom. The molecular weight excluding hydrogens is 278 g/mol. The van der Waals surface area contributed by atoms with E-state index in [1.807, 2.05) is 6.07 Å². The number of phenols is 1. The number of phenolic OH excluding ortho intramolecular Hbond substituents is 1. The zero-order valence-corrected chi connectivity index (χ0v) is 13.3. The van der Waals surface area contributed by atoms with E-state index < -0.39 is 0 Å². The van der Waals surface area contributed by atoms with Gasteiger partial charge in [0.2, 0.25) is 0 Å². The van der Waals surface area contributed by atoms with Crippen molar-refractivity contribution >= 4 is 5.91 Å². The Kier molecular flexibility index (Phi) is 4.39. The van der Waals surface area contributed by atoms with Crippen LogP contribution in [-0.4, -0.2) is 29.8 Å². The van der Waals surface area contributed by atoms with Crippen molar-refractivity contribution in [2.45, 2.75) is 57.6 Å². The number of hydrogen-bond acceptors (Lipinski definition) is 3. The predicted octanol–water partition coefficient (Wildman–Crippen LogP) is 3.20. The Morgan fingerprint density at radius 2 is 2.09 bits per heavy atom. The van der Waals surface area contributed by atoms with Crippen LogP contribution in [0.15, 0.2) is 18.2 Å². The topological polar surface area (TPSA) is 58.6 Å². The van der Waals surface area contributed by atoms with E-state index in [0.29, 0.717) is 30.1 Å². The first-order valence-corrected chi connectivity index (χ1v) is 8.30. The first kappa shape index (κ1) is 15.3. The number of carbonyl (C=O) groups excluding carboxylic acids is 1. The fourth-order valence-electron chi connectivity index (χ4n) is 3.12. The van der Waals surface area contributed by atoms with Crippen LogP contribution in [0.5, 0.6) is 5.75 Å². The van der Waals surface area contributed by atoms with Crippen LogP contribution in [0.2, 0.25) is 0 Å². The first-order chi connectivity index (χ1) is 10.5. The second kappa shape index (κ2) is 6.29. The Labute approximate surface area is 131 Å². The van der Waals surface area contributed by atoms with Gasteiger partial charge in [-0.05, 0) is 55.2 Å². The van der Waals surface area contributed by atoms with Gasteiger partial charge in [-0.2, -0.15) is 0 Å². The van der Waals surface area contributed by atoms with Gasteiger partial charge >= 0.3 is 0 Å². The largest absolute Gasteiger partial charge is 0.507 e. The van der Waals surface area contributed by atoms with Gasteiger partial charge in [0, 0.05) is 12.6 Å². The number of rotatable bonds is 4. The lowest BCUT2D eigenvalue weighted by molar-refractivity contribution is -0.0102. The third kappa shape index (κ3) is 3.43. The lowest BCUT2D eigenvalue weighted by Gasteiger charge is -2.30. The average molecular weight is 303 g/mol. The van der Waals surface area contributed by atoms with E-state index in [4.69, 9.17) is 4.74 Å². The van der Waals surface area contributed by atoms with Gasteiger partial charge < -0.3 is 15.2 Å². The SMILES string of the molecule is CC(C)c1ccc(C(=O)NC2CCOC(C3CC3)C2)c(O)c1. The van der Waals surface area contributed by atoms with Gasteiger partial charge in [-0.25, -0.2) is 0 Å². The molecule has 0 bridgehead atoms. The second-order valence-electron chi connectivity index (χ2n) is 6.87. The van der Waals surface area contributed by atoms with E-state index in [-0.39, 0.29) is 17.7 Å². The summed E-state index contributed by atoms with van der Waals surface area (Å²) in [6.45, 7) is 4.84. The molecule has 120 valence electrons. The Balaban J connectivity index is 1.63. The van der Waals surface area contributed by atoms with Crippen molar-refractivity contribution in [2.24, 2.45) is 5.92 Å². The summed E-state index contributed by atoms with van der Waals surface area (Å²) in [6.07, 6.45) is 4.54. The minimum Gasteiger partial charge on any atom is -0.507 e. The molecule has 1 aromatic rings. The zero-order chi connectivity index (χ0) is 15.7. The molecule has 0 aromatic heterocycles. The van der Waals surface area contributed by atoms with E-state index >= 15 is 0 Å².